The van der Waals surface area contributed by atoms with Crippen LogP contribution in [0.5, 0.6) is 0 Å². The number of carbonyl (C=O) groups excluding carboxylic acids is 3. The van der Waals surface area contributed by atoms with Crippen molar-refractivity contribution in [3.05, 3.63) is 60.8 Å². The van der Waals surface area contributed by atoms with Crippen molar-refractivity contribution in [1.29, 1.82) is 0 Å². The average Bonchev–Trinajstić information content (AvgIpc) is 3.41. The van der Waals surface area contributed by atoms with Crippen molar-refractivity contribution in [1.82, 2.24) is 0 Å². The van der Waals surface area contributed by atoms with E-state index in [4.69, 9.17) is 14.2 Å². The van der Waals surface area contributed by atoms with Crippen molar-refractivity contribution >= 4 is 17.9 Å². The molecule has 1 atom stereocenters. The summed E-state index contributed by atoms with van der Waals surface area (Å²) in [5.74, 6) is -0.893. The molecule has 0 N–H and O–H groups in total. The van der Waals surface area contributed by atoms with Crippen LogP contribution < -0.4 is 0 Å². The van der Waals surface area contributed by atoms with E-state index >= 15 is 0 Å². The van der Waals surface area contributed by atoms with Crippen molar-refractivity contribution in [3.63, 3.8) is 0 Å². The Morgan fingerprint density at radius 1 is 0.280 bits per heavy atom. The molecule has 0 aliphatic rings. The van der Waals surface area contributed by atoms with Gasteiger partial charge in [0.15, 0.2) is 6.10 Å². The summed E-state index contributed by atoms with van der Waals surface area (Å²) in [5, 5.41) is 0. The van der Waals surface area contributed by atoms with Crippen LogP contribution in [0, 0.1) is 0 Å². The number of unbranched alkanes of at least 4 members (excludes halogenated alkanes) is 39. The van der Waals surface area contributed by atoms with Crippen LogP contribution in [0.1, 0.15) is 342 Å². The van der Waals surface area contributed by atoms with Gasteiger partial charge in [-0.25, -0.2) is 0 Å². The lowest BCUT2D eigenvalue weighted by Gasteiger charge is -2.18. The molecule has 0 heterocycles. The van der Waals surface area contributed by atoms with E-state index in [0.29, 0.717) is 19.3 Å². The van der Waals surface area contributed by atoms with Crippen molar-refractivity contribution in [2.24, 2.45) is 0 Å². The summed E-state index contributed by atoms with van der Waals surface area (Å²) in [5.41, 5.74) is 0. The maximum Gasteiger partial charge on any atom is 0.306 e. The highest BCUT2D eigenvalue weighted by atomic mass is 16.6. The van der Waals surface area contributed by atoms with E-state index in [1.54, 1.807) is 0 Å². The Morgan fingerprint density at radius 2 is 0.520 bits per heavy atom. The lowest BCUT2D eigenvalue weighted by atomic mass is 10.0. The molecule has 0 aliphatic heterocycles. The van der Waals surface area contributed by atoms with Gasteiger partial charge >= 0.3 is 17.9 Å². The predicted molar refractivity (Wildman–Crippen MR) is 325 cm³/mol. The van der Waals surface area contributed by atoms with Gasteiger partial charge in [0, 0.05) is 19.3 Å². The predicted octanol–water partition coefficient (Wildman–Crippen LogP) is 22.3. The number of hydrogen-bond donors (Lipinski definition) is 0. The molecule has 0 saturated heterocycles. The van der Waals surface area contributed by atoms with Crippen LogP contribution in [-0.4, -0.2) is 37.2 Å². The topological polar surface area (TPSA) is 78.9 Å². The smallest absolute Gasteiger partial charge is 0.306 e. The Balaban J connectivity index is 4.34. The summed E-state index contributed by atoms with van der Waals surface area (Å²) in [6.07, 6.45) is 80.9. The molecule has 0 spiro atoms. The Labute approximate surface area is 466 Å². The van der Waals surface area contributed by atoms with Gasteiger partial charge in [-0.3, -0.25) is 14.4 Å². The van der Waals surface area contributed by atoms with Crippen LogP contribution >= 0.6 is 0 Å². The number of allylic oxidation sites excluding steroid dienone is 10. The number of hydrogen-bond acceptors (Lipinski definition) is 6. The second-order valence-corrected chi connectivity index (χ2v) is 22.0. The normalized spacial score (nSPS) is 12.4. The Bertz CT molecular complexity index is 1340. The fraction of sp³-hybridized carbons (Fsp3) is 0.812. The molecule has 0 radical (unpaired) electrons. The summed E-state index contributed by atoms with van der Waals surface area (Å²) in [6, 6.07) is 0. The summed E-state index contributed by atoms with van der Waals surface area (Å²) in [6.45, 7) is 6.56. The first-order valence-corrected chi connectivity index (χ1v) is 32.8. The van der Waals surface area contributed by atoms with Gasteiger partial charge in [0.1, 0.15) is 13.2 Å². The molecular weight excluding hydrogens is 925 g/mol. The van der Waals surface area contributed by atoms with Gasteiger partial charge in [-0.05, 0) is 64.2 Å². The number of ether oxygens (including phenoxy) is 3. The Hall–Kier alpha value is -2.89. The van der Waals surface area contributed by atoms with Gasteiger partial charge in [-0.15, -0.1) is 0 Å². The quantitative estimate of drug-likeness (QED) is 0.0261. The average molecular weight is 1050 g/mol. The highest BCUT2D eigenvalue weighted by molar-refractivity contribution is 5.71. The first kappa shape index (κ1) is 72.1. The first-order chi connectivity index (χ1) is 37.0. The van der Waals surface area contributed by atoms with E-state index < -0.39 is 6.10 Å². The van der Waals surface area contributed by atoms with Gasteiger partial charge < -0.3 is 14.2 Å². The largest absolute Gasteiger partial charge is 0.462 e. The van der Waals surface area contributed by atoms with Crippen molar-refractivity contribution in [3.8, 4) is 0 Å². The maximum atomic E-state index is 12.9. The van der Waals surface area contributed by atoms with Gasteiger partial charge in [0.2, 0.25) is 0 Å². The molecule has 0 amide bonds. The van der Waals surface area contributed by atoms with Crippen molar-refractivity contribution in [2.45, 2.75) is 348 Å². The number of esters is 3. The molecule has 436 valence electrons. The molecule has 0 aromatic carbocycles. The third kappa shape index (κ3) is 61.8. The van der Waals surface area contributed by atoms with Crippen molar-refractivity contribution < 1.29 is 28.6 Å². The lowest BCUT2D eigenvalue weighted by Crippen LogP contribution is -2.30. The summed E-state index contributed by atoms with van der Waals surface area (Å²) in [7, 11) is 0. The third-order valence-electron chi connectivity index (χ3n) is 14.5. The van der Waals surface area contributed by atoms with Crippen LogP contribution in [-0.2, 0) is 28.6 Å². The molecule has 6 heteroatoms. The van der Waals surface area contributed by atoms with E-state index in [2.05, 4.69) is 81.5 Å². The van der Waals surface area contributed by atoms with Crippen LogP contribution in [0.15, 0.2) is 60.8 Å². The lowest BCUT2D eigenvalue weighted by molar-refractivity contribution is -0.167. The van der Waals surface area contributed by atoms with Crippen LogP contribution in [0.4, 0.5) is 0 Å². The minimum Gasteiger partial charge on any atom is -0.462 e. The maximum absolute atomic E-state index is 12.9. The fourth-order valence-electron chi connectivity index (χ4n) is 9.65. The molecule has 75 heavy (non-hydrogen) atoms. The van der Waals surface area contributed by atoms with Crippen molar-refractivity contribution in [2.75, 3.05) is 13.2 Å². The molecule has 0 aromatic heterocycles. The van der Waals surface area contributed by atoms with E-state index in [0.717, 1.165) is 96.3 Å². The molecule has 0 fully saturated rings. The van der Waals surface area contributed by atoms with E-state index in [-0.39, 0.29) is 31.1 Å². The summed E-state index contributed by atoms with van der Waals surface area (Å²) >= 11 is 0. The zero-order chi connectivity index (χ0) is 54.3. The monoisotopic (exact) mass is 1050 g/mol. The number of rotatable bonds is 60. The standard InChI is InChI=1S/C69H124O6/c1-4-7-10-13-16-19-22-25-28-30-32-33-34-35-37-38-41-44-47-50-53-56-59-62-68(71)74-65-66(64-73-67(70)61-58-55-52-49-46-43-40-27-24-21-18-15-12-9-6-3)75-69(72)63-60-57-54-51-48-45-42-39-36-31-29-26-23-20-17-14-11-8-5-2/h8,11,17,20,26,29,36,39,45,48,66H,4-7,9-10,12-16,18-19,21-25,27-28,30-35,37-38,40-44,46-47,49-65H2,1-3H3/b11-8-,20-17-,29-26-,39-36-,48-45-. The van der Waals surface area contributed by atoms with Gasteiger partial charge in [-0.1, -0.05) is 319 Å². The SMILES string of the molecule is CC/C=C\C/C=C\C/C=C\C/C=C\C/C=C\CCCCCC(=O)OC(COC(=O)CCCCCCCCCCCCCCCCC)COC(=O)CCCCCCCCCCCCCCCCCCCCCCCCC. The second-order valence-electron chi connectivity index (χ2n) is 22.0. The third-order valence-corrected chi connectivity index (χ3v) is 14.5. The Kier molecular flexibility index (Phi) is 61.2. The first-order valence-electron chi connectivity index (χ1n) is 32.8. The molecule has 0 aromatic rings. The molecular formula is C69H124O6. The van der Waals surface area contributed by atoms with E-state index in [1.807, 2.05) is 0 Å². The summed E-state index contributed by atoms with van der Waals surface area (Å²) < 4.78 is 16.9. The number of carbonyl (C=O) groups is 3. The van der Waals surface area contributed by atoms with Gasteiger partial charge in [0.05, 0.1) is 0 Å². The molecule has 0 bridgehead atoms. The molecule has 0 aliphatic carbocycles. The zero-order valence-electron chi connectivity index (χ0n) is 50.1. The summed E-state index contributed by atoms with van der Waals surface area (Å²) in [4.78, 5) is 38.3. The fourth-order valence-corrected chi connectivity index (χ4v) is 9.65. The van der Waals surface area contributed by atoms with E-state index in [9.17, 15) is 14.4 Å². The van der Waals surface area contributed by atoms with Gasteiger partial charge in [0.25, 0.3) is 0 Å². The molecule has 6 nitrogen and oxygen atoms in total. The van der Waals surface area contributed by atoms with Crippen LogP contribution in [0.3, 0.4) is 0 Å². The highest BCUT2D eigenvalue weighted by Gasteiger charge is 2.19. The molecule has 1 unspecified atom stereocenters. The minimum atomic E-state index is -0.790. The van der Waals surface area contributed by atoms with Crippen LogP contribution in [0.25, 0.3) is 0 Å². The van der Waals surface area contributed by atoms with Crippen LogP contribution in [0.2, 0.25) is 0 Å². The Morgan fingerprint density at radius 3 is 0.813 bits per heavy atom. The molecule has 0 saturated carbocycles. The zero-order valence-corrected chi connectivity index (χ0v) is 50.1. The highest BCUT2D eigenvalue weighted by Crippen LogP contribution is 2.18. The van der Waals surface area contributed by atoms with Gasteiger partial charge in [-0.2, -0.15) is 0 Å². The molecule has 0 rings (SSSR count). The van der Waals surface area contributed by atoms with E-state index in [1.165, 1.54) is 205 Å². The minimum absolute atomic E-state index is 0.0831. The second kappa shape index (κ2) is 63.6.